The Morgan fingerprint density at radius 1 is 1.47 bits per heavy atom. The molecule has 0 aromatic carbocycles. The summed E-state index contributed by atoms with van der Waals surface area (Å²) in [5.74, 6) is 0.908. The molecule has 2 atom stereocenters. The lowest BCUT2D eigenvalue weighted by Crippen LogP contribution is -2.32. The van der Waals surface area contributed by atoms with Crippen LogP contribution >= 0.6 is 11.3 Å². The average Bonchev–Trinajstić information content (AvgIpc) is 2.82. The van der Waals surface area contributed by atoms with Crippen molar-refractivity contribution >= 4 is 22.2 Å². The molecule has 0 spiro atoms. The third kappa shape index (κ3) is 1.81. The summed E-state index contributed by atoms with van der Waals surface area (Å²) in [5, 5.41) is 16.7. The molecule has 1 amide bonds. The number of carbonyl (C=O) groups excluding carboxylic acids is 1. The molecule has 7 heteroatoms. The molecule has 17 heavy (non-hydrogen) atoms. The molecule has 2 aliphatic rings. The van der Waals surface area contributed by atoms with Crippen molar-refractivity contribution in [2.24, 2.45) is 11.8 Å². The molecule has 2 unspecified atom stereocenters. The predicted octanol–water partition coefficient (Wildman–Crippen LogP) is 0.604. The Hall–Kier alpha value is -1.47. The van der Waals surface area contributed by atoms with Crippen molar-refractivity contribution in [1.82, 2.24) is 10.6 Å². The number of thiophene rings is 1. The molecule has 6 nitrogen and oxygen atoms in total. The maximum absolute atomic E-state index is 11.8. The average molecular weight is 253 g/mol. The maximum Gasteiger partial charge on any atom is 0.324 e. The molecule has 1 aliphatic carbocycles. The third-order valence-corrected chi connectivity index (χ3v) is 4.42. The number of amides is 1. The van der Waals surface area contributed by atoms with Crippen molar-refractivity contribution in [3.05, 3.63) is 27.1 Å². The van der Waals surface area contributed by atoms with E-state index in [2.05, 4.69) is 10.6 Å². The Morgan fingerprint density at radius 2 is 2.18 bits per heavy atom. The van der Waals surface area contributed by atoms with Crippen molar-refractivity contribution in [3.8, 4) is 0 Å². The lowest BCUT2D eigenvalue weighted by Gasteiger charge is -2.05. The lowest BCUT2D eigenvalue weighted by molar-refractivity contribution is -0.380. The smallest absolute Gasteiger partial charge is 0.324 e. The Balaban J connectivity index is 1.64. The highest BCUT2D eigenvalue weighted by molar-refractivity contribution is 7.17. The fourth-order valence-corrected chi connectivity index (χ4v) is 3.13. The predicted molar refractivity (Wildman–Crippen MR) is 62.1 cm³/mol. The highest BCUT2D eigenvalue weighted by Gasteiger charge is 2.53. The quantitative estimate of drug-likeness (QED) is 0.610. The molecular weight excluding hydrogens is 242 g/mol. The van der Waals surface area contributed by atoms with Crippen LogP contribution < -0.4 is 10.6 Å². The van der Waals surface area contributed by atoms with E-state index in [0.29, 0.717) is 16.7 Å². The minimum Gasteiger partial charge on any atom is -0.348 e. The van der Waals surface area contributed by atoms with Crippen molar-refractivity contribution < 1.29 is 9.72 Å². The molecule has 0 radical (unpaired) electrons. The summed E-state index contributed by atoms with van der Waals surface area (Å²) in [6.45, 7) is 1.92. The zero-order chi connectivity index (χ0) is 12.0. The van der Waals surface area contributed by atoms with Gasteiger partial charge in [-0.3, -0.25) is 14.9 Å². The van der Waals surface area contributed by atoms with Gasteiger partial charge in [0.1, 0.15) is 0 Å². The van der Waals surface area contributed by atoms with Crippen molar-refractivity contribution in [1.29, 1.82) is 0 Å². The SMILES string of the molecule is O=C(NC1C2CNCC21)c1ccc([N+](=O)[O-])s1. The van der Waals surface area contributed by atoms with E-state index in [1.807, 2.05) is 0 Å². The number of nitrogens with one attached hydrogen (secondary N) is 2. The largest absolute Gasteiger partial charge is 0.348 e. The molecule has 90 valence electrons. The second-order valence-corrected chi connectivity index (χ2v) is 5.44. The Bertz CT molecular complexity index is 477. The van der Waals surface area contributed by atoms with Gasteiger partial charge in [0.25, 0.3) is 5.91 Å². The van der Waals surface area contributed by atoms with E-state index < -0.39 is 4.92 Å². The van der Waals surface area contributed by atoms with Crippen LogP contribution in [-0.4, -0.2) is 30.0 Å². The Labute approximate surface area is 101 Å². The first-order valence-corrected chi connectivity index (χ1v) is 6.24. The van der Waals surface area contributed by atoms with Gasteiger partial charge in [0, 0.05) is 25.2 Å². The first-order chi connectivity index (χ1) is 8.16. The molecular formula is C10H11N3O3S. The number of piperidine rings is 1. The summed E-state index contributed by atoms with van der Waals surface area (Å²) < 4.78 is 0. The van der Waals surface area contributed by atoms with Crippen LogP contribution in [0.3, 0.4) is 0 Å². The second kappa shape index (κ2) is 3.78. The molecule has 3 rings (SSSR count). The number of rotatable bonds is 3. The molecule has 1 saturated heterocycles. The summed E-state index contributed by atoms with van der Waals surface area (Å²) in [4.78, 5) is 22.3. The third-order valence-electron chi connectivity index (χ3n) is 3.38. The standard InChI is InChI=1S/C10H11N3O3S/c14-10(7-1-2-8(17-7)13(15)16)12-9-5-3-11-4-6(5)9/h1-2,5-6,9,11H,3-4H2,(H,12,14). The molecule has 1 aromatic heterocycles. The summed E-state index contributed by atoms with van der Waals surface area (Å²) >= 11 is 0.920. The summed E-state index contributed by atoms with van der Waals surface area (Å²) in [5.41, 5.74) is 0. The zero-order valence-electron chi connectivity index (χ0n) is 8.88. The van der Waals surface area contributed by atoms with E-state index >= 15 is 0 Å². The lowest BCUT2D eigenvalue weighted by atomic mass is 10.4. The highest BCUT2D eigenvalue weighted by Crippen LogP contribution is 2.41. The maximum atomic E-state index is 11.8. The molecule has 2 N–H and O–H groups in total. The van der Waals surface area contributed by atoms with Crippen molar-refractivity contribution in [3.63, 3.8) is 0 Å². The zero-order valence-corrected chi connectivity index (χ0v) is 9.70. The van der Waals surface area contributed by atoms with Gasteiger partial charge in [-0.1, -0.05) is 11.3 Å². The van der Waals surface area contributed by atoms with Gasteiger partial charge in [-0.2, -0.15) is 0 Å². The van der Waals surface area contributed by atoms with Crippen molar-refractivity contribution in [2.75, 3.05) is 13.1 Å². The topological polar surface area (TPSA) is 84.3 Å². The minimum absolute atomic E-state index is 0.00723. The van der Waals surface area contributed by atoms with E-state index in [9.17, 15) is 14.9 Å². The van der Waals surface area contributed by atoms with E-state index in [4.69, 9.17) is 0 Å². The molecule has 1 saturated carbocycles. The number of fused-ring (bicyclic) bond motifs is 1. The fraction of sp³-hybridized carbons (Fsp3) is 0.500. The van der Waals surface area contributed by atoms with Crippen LogP contribution in [0.5, 0.6) is 0 Å². The molecule has 0 bridgehead atoms. The van der Waals surface area contributed by atoms with Gasteiger partial charge in [-0.05, 0) is 17.9 Å². The first kappa shape index (κ1) is 10.7. The van der Waals surface area contributed by atoms with Gasteiger partial charge >= 0.3 is 5.00 Å². The van der Waals surface area contributed by atoms with Crippen LogP contribution in [0, 0.1) is 22.0 Å². The monoisotopic (exact) mass is 253 g/mol. The summed E-state index contributed by atoms with van der Waals surface area (Å²) in [7, 11) is 0. The van der Waals surface area contributed by atoms with Crippen LogP contribution in [-0.2, 0) is 0 Å². The first-order valence-electron chi connectivity index (χ1n) is 5.42. The van der Waals surface area contributed by atoms with Gasteiger partial charge in [0.15, 0.2) is 0 Å². The summed E-state index contributed by atoms with van der Waals surface area (Å²) in [6.07, 6.45) is 0. The second-order valence-electron chi connectivity index (χ2n) is 4.38. The molecule has 1 aromatic rings. The van der Waals surface area contributed by atoms with Crippen LogP contribution in [0.1, 0.15) is 9.67 Å². The van der Waals surface area contributed by atoms with E-state index in [-0.39, 0.29) is 17.0 Å². The number of carbonyl (C=O) groups is 1. The molecule has 2 heterocycles. The van der Waals surface area contributed by atoms with Gasteiger partial charge in [0.05, 0.1) is 9.80 Å². The van der Waals surface area contributed by atoms with Crippen LogP contribution in [0.4, 0.5) is 5.00 Å². The van der Waals surface area contributed by atoms with Gasteiger partial charge in [-0.25, -0.2) is 0 Å². The van der Waals surface area contributed by atoms with Crippen molar-refractivity contribution in [2.45, 2.75) is 6.04 Å². The number of hydrogen-bond acceptors (Lipinski definition) is 5. The van der Waals surface area contributed by atoms with Gasteiger partial charge < -0.3 is 10.6 Å². The summed E-state index contributed by atoms with van der Waals surface area (Å²) in [6, 6.07) is 3.13. The van der Waals surface area contributed by atoms with Gasteiger partial charge in [0.2, 0.25) is 0 Å². The highest BCUT2D eigenvalue weighted by atomic mass is 32.1. The van der Waals surface area contributed by atoms with Crippen LogP contribution in [0.2, 0.25) is 0 Å². The number of nitro groups is 1. The van der Waals surface area contributed by atoms with Crippen LogP contribution in [0.15, 0.2) is 12.1 Å². The van der Waals surface area contributed by atoms with E-state index in [1.54, 1.807) is 0 Å². The van der Waals surface area contributed by atoms with Crippen LogP contribution in [0.25, 0.3) is 0 Å². The normalized spacial score (nSPS) is 29.8. The number of nitrogens with zero attached hydrogens (tertiary/aromatic N) is 1. The Morgan fingerprint density at radius 3 is 2.76 bits per heavy atom. The van der Waals surface area contributed by atoms with E-state index in [0.717, 1.165) is 24.4 Å². The van der Waals surface area contributed by atoms with E-state index in [1.165, 1.54) is 12.1 Å². The molecule has 1 aliphatic heterocycles. The fourth-order valence-electron chi connectivity index (χ4n) is 2.40. The van der Waals surface area contributed by atoms with Gasteiger partial charge in [-0.15, -0.1) is 0 Å². The number of hydrogen-bond donors (Lipinski definition) is 2. The molecule has 2 fully saturated rings. The Kier molecular flexibility index (Phi) is 2.37. The minimum atomic E-state index is -0.475.